The zero-order valence-electron chi connectivity index (χ0n) is 14.8. The number of nitrogens with zero attached hydrogens (tertiary/aromatic N) is 1. The lowest BCUT2D eigenvalue weighted by Gasteiger charge is -2.26. The normalized spacial score (nSPS) is 30.3. The number of nitrogens with one attached hydrogen (secondary N) is 1. The van der Waals surface area contributed by atoms with Gasteiger partial charge < -0.3 is 39.0 Å². The summed E-state index contributed by atoms with van der Waals surface area (Å²) < 4.78 is 40.3. The van der Waals surface area contributed by atoms with Crippen molar-refractivity contribution in [3.63, 3.8) is 0 Å². The fourth-order valence-electron chi connectivity index (χ4n) is 2.42. The number of ether oxygens (including phenoxy) is 1. The topological polar surface area (TPSA) is 247 Å². The Hall–Kier alpha value is -1.05. The lowest BCUT2D eigenvalue weighted by molar-refractivity contribution is -0.0757. The van der Waals surface area contributed by atoms with Gasteiger partial charge in [-0.2, -0.15) is 4.31 Å². The van der Waals surface area contributed by atoms with Crippen molar-refractivity contribution in [2.45, 2.75) is 24.0 Å². The second-order valence-electron chi connectivity index (χ2n) is 5.85. The summed E-state index contributed by atoms with van der Waals surface area (Å²) in [5, 5.41) is 20.9. The fraction of sp³-hybridized carbons (Fsp3) is 0.455. The van der Waals surface area contributed by atoms with Crippen molar-refractivity contribution in [2.75, 3.05) is 6.61 Å². The van der Waals surface area contributed by atoms with Crippen LogP contribution in [0.3, 0.4) is 0 Å². The molecule has 1 fully saturated rings. The van der Waals surface area contributed by atoms with Crippen molar-refractivity contribution in [1.29, 1.82) is 0 Å². The van der Waals surface area contributed by atoms with Gasteiger partial charge in [0.25, 0.3) is 5.56 Å². The van der Waals surface area contributed by atoms with Crippen molar-refractivity contribution in [3.05, 3.63) is 33.1 Å². The number of hydrogen-bond donors (Lipinski definition) is 7. The number of phosphoric acid groups is 2. The van der Waals surface area contributed by atoms with Crippen LogP contribution in [-0.4, -0.2) is 63.8 Å². The summed E-state index contributed by atoms with van der Waals surface area (Å²) in [5.41, 5.74) is -4.36. The summed E-state index contributed by atoms with van der Waals surface area (Å²) in [5.74, 6) is 1.84. The molecule has 7 N–H and O–H groups in total. The van der Waals surface area contributed by atoms with Gasteiger partial charge in [0.05, 0.1) is 6.61 Å². The van der Waals surface area contributed by atoms with Gasteiger partial charge in [0.1, 0.15) is 12.2 Å². The van der Waals surface area contributed by atoms with E-state index in [1.807, 2.05) is 10.9 Å². The third kappa shape index (κ3) is 6.48. The zero-order valence-corrected chi connectivity index (χ0v) is 18.3. The molecule has 31 heavy (non-hydrogen) atoms. The van der Waals surface area contributed by atoms with Gasteiger partial charge in [0, 0.05) is 12.3 Å². The van der Waals surface area contributed by atoms with E-state index >= 15 is 0 Å². The van der Waals surface area contributed by atoms with Gasteiger partial charge in [-0.15, -0.1) is 6.42 Å². The summed E-state index contributed by atoms with van der Waals surface area (Å²) in [6, 6.07) is 0.902. The van der Waals surface area contributed by atoms with Gasteiger partial charge in [-0.25, -0.2) is 18.2 Å². The van der Waals surface area contributed by atoms with Crippen LogP contribution in [0.25, 0.3) is 0 Å². The molecule has 0 aromatic carbocycles. The molecular formula is C11H15N2O14P3S. The molecule has 0 bridgehead atoms. The van der Waals surface area contributed by atoms with E-state index in [4.69, 9.17) is 20.9 Å². The first-order chi connectivity index (χ1) is 14.0. The van der Waals surface area contributed by atoms with Crippen LogP contribution < -0.4 is 11.2 Å². The van der Waals surface area contributed by atoms with Gasteiger partial charge >= 0.3 is 28.1 Å². The zero-order chi connectivity index (χ0) is 23.8. The number of H-pyrrole nitrogens is 1. The van der Waals surface area contributed by atoms with Crippen LogP contribution in [-0.2, 0) is 38.8 Å². The monoisotopic (exact) mass is 524 g/mol. The van der Waals surface area contributed by atoms with Gasteiger partial charge in [0.2, 0.25) is 0 Å². The summed E-state index contributed by atoms with van der Waals surface area (Å²) in [6.07, 6.45) is 0.836. The van der Waals surface area contributed by atoms with E-state index in [0.717, 1.165) is 12.3 Å². The Morgan fingerprint density at radius 2 is 1.90 bits per heavy atom. The third-order valence-electron chi connectivity index (χ3n) is 3.64. The maximum absolute atomic E-state index is 12.0. The molecule has 174 valence electrons. The predicted octanol–water partition coefficient (Wildman–Crippen LogP) is -2.38. The van der Waals surface area contributed by atoms with Crippen LogP contribution in [0.2, 0.25) is 0 Å². The Balaban J connectivity index is 2.19. The highest BCUT2D eigenvalue weighted by molar-refractivity contribution is 8.08. The number of aromatic nitrogens is 2. The summed E-state index contributed by atoms with van der Waals surface area (Å²) >= 11 is 4.42. The highest BCUT2D eigenvalue weighted by Gasteiger charge is 2.56. The first kappa shape index (κ1) is 26.2. The van der Waals surface area contributed by atoms with Crippen molar-refractivity contribution >= 4 is 34.2 Å². The smallest absolute Gasteiger partial charge is 0.386 e. The maximum Gasteiger partial charge on any atom is 0.488 e. The van der Waals surface area contributed by atoms with Crippen molar-refractivity contribution in [2.24, 2.45) is 0 Å². The highest BCUT2D eigenvalue weighted by atomic mass is 32.5. The quantitative estimate of drug-likeness (QED) is 0.139. The lowest BCUT2D eigenvalue weighted by atomic mass is 9.95. The van der Waals surface area contributed by atoms with Crippen molar-refractivity contribution < 1.29 is 56.8 Å². The van der Waals surface area contributed by atoms with Crippen LogP contribution in [0.4, 0.5) is 0 Å². The Morgan fingerprint density at radius 1 is 1.29 bits per heavy atom. The van der Waals surface area contributed by atoms with Crippen LogP contribution >= 0.6 is 22.4 Å². The van der Waals surface area contributed by atoms with Crippen LogP contribution in [0, 0.1) is 12.3 Å². The molecule has 0 spiro atoms. The molecule has 2 heterocycles. The van der Waals surface area contributed by atoms with Gasteiger partial charge in [-0.3, -0.25) is 14.3 Å². The molecule has 0 aliphatic carbocycles. The fourth-order valence-corrected chi connectivity index (χ4v) is 6.39. The van der Waals surface area contributed by atoms with Crippen LogP contribution in [0.1, 0.15) is 6.23 Å². The Morgan fingerprint density at radius 3 is 2.42 bits per heavy atom. The number of aliphatic hydroxyl groups is 2. The van der Waals surface area contributed by atoms with Crippen molar-refractivity contribution in [1.82, 2.24) is 9.55 Å². The average Bonchev–Trinajstić information content (AvgIpc) is 2.82. The van der Waals surface area contributed by atoms with Gasteiger partial charge in [-0.1, -0.05) is 5.92 Å². The third-order valence-corrected chi connectivity index (χ3v) is 8.35. The molecule has 0 radical (unpaired) electrons. The highest BCUT2D eigenvalue weighted by Crippen LogP contribution is 2.66. The summed E-state index contributed by atoms with van der Waals surface area (Å²) in [6.45, 7) is -5.67. The second kappa shape index (κ2) is 9.06. The standard InChI is InChI=1S/C11H15N2O14P3S/c1-2-11(17)8(15)6(25-9(11)13-4-3-7(14)12-10(13)16)5-24-30(23,31)27-29(21,22)26-28(18,19)20/h1,3-4,6,8-9,15,17H,5H2,(H,21,22)(H,23,31)(H,12,14,16)(H2,18,19,20)/t6-,8-,9?,11-,30?/m1/s1. The predicted molar refractivity (Wildman–Crippen MR) is 102 cm³/mol. The molecule has 1 aromatic rings. The average molecular weight is 524 g/mol. The Bertz CT molecular complexity index is 1140. The van der Waals surface area contributed by atoms with E-state index in [9.17, 15) is 38.7 Å². The van der Waals surface area contributed by atoms with E-state index in [2.05, 4.69) is 25.0 Å². The molecule has 2 rings (SSSR count). The minimum Gasteiger partial charge on any atom is -0.386 e. The number of aromatic amines is 1. The minimum atomic E-state index is -5.57. The minimum absolute atomic E-state index is 0.659. The van der Waals surface area contributed by atoms with Crippen LogP contribution in [0.5, 0.6) is 0 Å². The molecule has 1 aliphatic heterocycles. The van der Waals surface area contributed by atoms with E-state index in [-0.39, 0.29) is 0 Å². The Labute approximate surface area is 177 Å². The van der Waals surface area contributed by atoms with E-state index in [1.54, 1.807) is 0 Å². The number of rotatable bonds is 8. The molecule has 0 amide bonds. The first-order valence-electron chi connectivity index (χ1n) is 7.63. The molecule has 6 atom stereocenters. The van der Waals surface area contributed by atoms with E-state index in [0.29, 0.717) is 4.57 Å². The molecule has 1 aliphatic rings. The molecule has 16 nitrogen and oxygen atoms in total. The molecule has 1 aromatic heterocycles. The molecule has 0 saturated carbocycles. The Kier molecular flexibility index (Phi) is 7.66. The summed E-state index contributed by atoms with van der Waals surface area (Å²) in [7, 11) is -11.1. The first-order valence-corrected chi connectivity index (χ1v) is 13.2. The maximum atomic E-state index is 12.0. The molecule has 20 heteroatoms. The van der Waals surface area contributed by atoms with E-state index in [1.165, 1.54) is 0 Å². The number of aliphatic hydroxyl groups excluding tert-OH is 1. The SMILES string of the molecule is C#C[C@]1(O)C(n2ccc(=O)[nH]c2=O)O[C@H](COP(O)(=S)OP(=O)(O)OP(=O)(O)O)[C@H]1O. The molecule has 3 unspecified atom stereocenters. The van der Waals surface area contributed by atoms with Gasteiger partial charge in [-0.05, 0) is 11.8 Å². The second-order valence-corrected chi connectivity index (χ2v) is 11.6. The largest absolute Gasteiger partial charge is 0.488 e. The number of terminal acetylenes is 1. The number of hydrogen-bond acceptors (Lipinski definition) is 11. The van der Waals surface area contributed by atoms with Crippen LogP contribution in [0.15, 0.2) is 21.9 Å². The van der Waals surface area contributed by atoms with Crippen molar-refractivity contribution in [3.8, 4) is 12.3 Å². The molecule has 1 saturated heterocycles. The van der Waals surface area contributed by atoms with Gasteiger partial charge in [0.15, 0.2) is 11.8 Å². The lowest BCUT2D eigenvalue weighted by Crippen LogP contribution is -2.48. The summed E-state index contributed by atoms with van der Waals surface area (Å²) in [4.78, 5) is 61.1. The van der Waals surface area contributed by atoms with E-state index < -0.39 is 64.3 Å². The molecular weight excluding hydrogens is 509 g/mol.